The maximum Gasteiger partial charge on any atom is 0.0318 e. The molecule has 0 aliphatic rings. The molecule has 0 saturated heterocycles. The maximum atomic E-state index is 5.80. The summed E-state index contributed by atoms with van der Waals surface area (Å²) in [7, 11) is 0. The largest absolute Gasteiger partial charge is 0.329 e. The second-order valence-electron chi connectivity index (χ2n) is 2.86. The zero-order chi connectivity index (χ0) is 8.85. The number of rotatable bonds is 5. The summed E-state index contributed by atoms with van der Waals surface area (Å²) in [5.41, 5.74) is 11.3. The molecule has 68 valence electrons. The molecule has 3 heteroatoms. The molecule has 2 unspecified atom stereocenters. The molecule has 11 heavy (non-hydrogen) atoms. The molecule has 0 fully saturated rings. The van der Waals surface area contributed by atoms with Crippen LogP contribution in [0.1, 0.15) is 20.8 Å². The van der Waals surface area contributed by atoms with Gasteiger partial charge in [0.05, 0.1) is 0 Å². The molecule has 0 heterocycles. The van der Waals surface area contributed by atoms with E-state index in [1.807, 2.05) is 0 Å². The summed E-state index contributed by atoms with van der Waals surface area (Å²) in [5, 5.41) is 0. The molecule has 0 saturated carbocycles. The fourth-order valence-corrected chi connectivity index (χ4v) is 1.27. The Labute approximate surface area is 69.7 Å². The van der Waals surface area contributed by atoms with Crippen LogP contribution in [0.4, 0.5) is 0 Å². The Kier molecular flexibility index (Phi) is 5.46. The molecule has 0 aromatic carbocycles. The second-order valence-corrected chi connectivity index (χ2v) is 2.86. The SMILES string of the molecule is CCN(CC)C(C)C(N)CN. The smallest absolute Gasteiger partial charge is 0.0318 e. The highest BCUT2D eigenvalue weighted by Gasteiger charge is 2.15. The lowest BCUT2D eigenvalue weighted by Gasteiger charge is -2.30. The van der Waals surface area contributed by atoms with Crippen LogP contribution in [0.5, 0.6) is 0 Å². The molecule has 0 rings (SSSR count). The third kappa shape index (κ3) is 3.18. The van der Waals surface area contributed by atoms with Crippen LogP contribution >= 0.6 is 0 Å². The number of nitrogens with two attached hydrogens (primary N) is 2. The van der Waals surface area contributed by atoms with Gasteiger partial charge in [-0.3, -0.25) is 4.90 Å². The fourth-order valence-electron chi connectivity index (χ4n) is 1.27. The highest BCUT2D eigenvalue weighted by atomic mass is 15.2. The van der Waals surface area contributed by atoms with Gasteiger partial charge in [-0.05, 0) is 20.0 Å². The number of nitrogens with zero attached hydrogens (tertiary/aromatic N) is 1. The zero-order valence-corrected chi connectivity index (χ0v) is 7.88. The van der Waals surface area contributed by atoms with Crippen molar-refractivity contribution in [3.05, 3.63) is 0 Å². The Bertz CT molecular complexity index is 91.3. The van der Waals surface area contributed by atoms with E-state index in [2.05, 4.69) is 25.7 Å². The van der Waals surface area contributed by atoms with Crippen molar-refractivity contribution in [3.63, 3.8) is 0 Å². The van der Waals surface area contributed by atoms with Gasteiger partial charge < -0.3 is 11.5 Å². The van der Waals surface area contributed by atoms with E-state index in [-0.39, 0.29) is 6.04 Å². The number of hydrogen-bond acceptors (Lipinski definition) is 3. The lowest BCUT2D eigenvalue weighted by Crippen LogP contribution is -2.49. The molecule has 0 amide bonds. The van der Waals surface area contributed by atoms with Gasteiger partial charge in [0, 0.05) is 18.6 Å². The average molecular weight is 159 g/mol. The highest BCUT2D eigenvalue weighted by Crippen LogP contribution is 2.00. The molecule has 0 aliphatic heterocycles. The van der Waals surface area contributed by atoms with E-state index >= 15 is 0 Å². The first kappa shape index (κ1) is 10.9. The molecule has 0 aliphatic carbocycles. The Balaban J connectivity index is 3.86. The third-order valence-electron chi connectivity index (χ3n) is 2.28. The summed E-state index contributed by atoms with van der Waals surface area (Å²) in [6.45, 7) is 9.07. The summed E-state index contributed by atoms with van der Waals surface area (Å²) < 4.78 is 0. The van der Waals surface area contributed by atoms with Crippen LogP contribution in [0.2, 0.25) is 0 Å². The minimum atomic E-state index is 0.106. The summed E-state index contributed by atoms with van der Waals surface area (Å²) in [6.07, 6.45) is 0. The molecular weight excluding hydrogens is 138 g/mol. The van der Waals surface area contributed by atoms with E-state index < -0.39 is 0 Å². The van der Waals surface area contributed by atoms with Crippen LogP contribution in [-0.2, 0) is 0 Å². The average Bonchev–Trinajstić information content (AvgIpc) is 2.05. The van der Waals surface area contributed by atoms with Gasteiger partial charge in [0.2, 0.25) is 0 Å². The van der Waals surface area contributed by atoms with E-state index in [4.69, 9.17) is 11.5 Å². The van der Waals surface area contributed by atoms with Crippen molar-refractivity contribution in [1.82, 2.24) is 4.90 Å². The highest BCUT2D eigenvalue weighted by molar-refractivity contribution is 4.77. The first-order valence-corrected chi connectivity index (χ1v) is 4.37. The van der Waals surface area contributed by atoms with Gasteiger partial charge in [0.25, 0.3) is 0 Å². The minimum absolute atomic E-state index is 0.106. The van der Waals surface area contributed by atoms with Crippen molar-refractivity contribution in [3.8, 4) is 0 Å². The van der Waals surface area contributed by atoms with Gasteiger partial charge >= 0.3 is 0 Å². The topological polar surface area (TPSA) is 55.3 Å². The van der Waals surface area contributed by atoms with Crippen LogP contribution in [0.25, 0.3) is 0 Å². The summed E-state index contributed by atoms with van der Waals surface area (Å²) in [5.74, 6) is 0. The van der Waals surface area contributed by atoms with Gasteiger partial charge in [-0.1, -0.05) is 13.8 Å². The summed E-state index contributed by atoms with van der Waals surface area (Å²) in [4.78, 5) is 2.32. The molecule has 3 nitrogen and oxygen atoms in total. The van der Waals surface area contributed by atoms with Gasteiger partial charge in [0.1, 0.15) is 0 Å². The van der Waals surface area contributed by atoms with Crippen LogP contribution in [0.3, 0.4) is 0 Å². The van der Waals surface area contributed by atoms with Crippen LogP contribution < -0.4 is 11.5 Å². The van der Waals surface area contributed by atoms with Gasteiger partial charge in [-0.15, -0.1) is 0 Å². The van der Waals surface area contributed by atoms with E-state index in [0.717, 1.165) is 13.1 Å². The lowest BCUT2D eigenvalue weighted by atomic mass is 10.1. The summed E-state index contributed by atoms with van der Waals surface area (Å²) in [6, 6.07) is 0.505. The minimum Gasteiger partial charge on any atom is -0.329 e. The first-order valence-electron chi connectivity index (χ1n) is 4.37. The van der Waals surface area contributed by atoms with Crippen molar-refractivity contribution >= 4 is 0 Å². The van der Waals surface area contributed by atoms with Crippen molar-refractivity contribution in [1.29, 1.82) is 0 Å². The van der Waals surface area contributed by atoms with Crippen molar-refractivity contribution in [2.24, 2.45) is 11.5 Å². The predicted molar refractivity (Wildman–Crippen MR) is 49.4 cm³/mol. The number of likely N-dealkylation sites (N-methyl/N-ethyl adjacent to an activating group) is 1. The monoisotopic (exact) mass is 159 g/mol. The molecule has 0 aromatic rings. The lowest BCUT2D eigenvalue weighted by molar-refractivity contribution is 0.205. The fraction of sp³-hybridized carbons (Fsp3) is 1.00. The van der Waals surface area contributed by atoms with Crippen LogP contribution in [0.15, 0.2) is 0 Å². The van der Waals surface area contributed by atoms with Gasteiger partial charge in [-0.2, -0.15) is 0 Å². The second kappa shape index (κ2) is 5.52. The zero-order valence-electron chi connectivity index (χ0n) is 7.88. The van der Waals surface area contributed by atoms with E-state index in [1.165, 1.54) is 0 Å². The van der Waals surface area contributed by atoms with Crippen LogP contribution in [0, 0.1) is 0 Å². The molecule has 2 atom stereocenters. The Morgan fingerprint density at radius 3 is 2.00 bits per heavy atom. The molecule has 0 bridgehead atoms. The van der Waals surface area contributed by atoms with Crippen molar-refractivity contribution in [2.75, 3.05) is 19.6 Å². The molecular formula is C8H21N3. The Morgan fingerprint density at radius 2 is 1.73 bits per heavy atom. The van der Waals surface area contributed by atoms with E-state index in [9.17, 15) is 0 Å². The first-order chi connectivity index (χ1) is 5.17. The number of hydrogen-bond donors (Lipinski definition) is 2. The normalized spacial score (nSPS) is 16.9. The van der Waals surface area contributed by atoms with Gasteiger partial charge in [0.15, 0.2) is 0 Å². The Morgan fingerprint density at radius 1 is 1.27 bits per heavy atom. The third-order valence-corrected chi connectivity index (χ3v) is 2.28. The van der Waals surface area contributed by atoms with Crippen LogP contribution in [-0.4, -0.2) is 36.6 Å². The van der Waals surface area contributed by atoms with Crippen molar-refractivity contribution < 1.29 is 0 Å². The quantitative estimate of drug-likeness (QED) is 0.594. The molecule has 4 N–H and O–H groups in total. The summed E-state index contributed by atoms with van der Waals surface area (Å²) >= 11 is 0. The Hall–Kier alpha value is -0.120. The van der Waals surface area contributed by atoms with Crippen molar-refractivity contribution in [2.45, 2.75) is 32.9 Å². The molecule has 0 radical (unpaired) electrons. The standard InChI is InChI=1S/C8H21N3/c1-4-11(5-2)7(3)8(10)6-9/h7-8H,4-6,9-10H2,1-3H3. The predicted octanol–water partition coefficient (Wildman–Crippen LogP) is 0.00270. The maximum absolute atomic E-state index is 5.80. The van der Waals surface area contributed by atoms with Gasteiger partial charge in [-0.25, -0.2) is 0 Å². The molecule has 0 aromatic heterocycles. The molecule has 0 spiro atoms. The van der Waals surface area contributed by atoms with E-state index in [1.54, 1.807) is 0 Å². The van der Waals surface area contributed by atoms with E-state index in [0.29, 0.717) is 12.6 Å².